The predicted octanol–water partition coefficient (Wildman–Crippen LogP) is 6.23. The average Bonchev–Trinajstić information content (AvgIpc) is 2.54. The lowest BCUT2D eigenvalue weighted by Gasteiger charge is -2.27. The van der Waals surface area contributed by atoms with Crippen molar-refractivity contribution in [3.8, 4) is 0 Å². The van der Waals surface area contributed by atoms with Gasteiger partial charge in [-0.15, -0.1) is 0 Å². The summed E-state index contributed by atoms with van der Waals surface area (Å²) in [5, 5.41) is 0. The number of carbonyl (C=O) groups excluding carboxylic acids is 1. The summed E-state index contributed by atoms with van der Waals surface area (Å²) in [4.78, 5) is 11.8. The Morgan fingerprint density at radius 3 is 2.23 bits per heavy atom. The largest absolute Gasteiger partial charge is 0.462 e. The lowest BCUT2D eigenvalue weighted by atomic mass is 9.86. The molecule has 1 radical (unpaired) electrons. The van der Waals surface area contributed by atoms with Crippen LogP contribution in [0.25, 0.3) is 0 Å². The van der Waals surface area contributed by atoms with E-state index >= 15 is 0 Å². The van der Waals surface area contributed by atoms with Crippen molar-refractivity contribution in [1.82, 2.24) is 0 Å². The van der Waals surface area contributed by atoms with E-state index in [-0.39, 0.29) is 12.1 Å². The van der Waals surface area contributed by atoms with Crippen LogP contribution in [0.5, 0.6) is 0 Å². The molecule has 0 aromatic carbocycles. The normalized spacial score (nSPS) is 17.4. The van der Waals surface area contributed by atoms with Crippen LogP contribution in [0.1, 0.15) is 104 Å². The summed E-state index contributed by atoms with van der Waals surface area (Å²) in [6.45, 7) is 4.32. The van der Waals surface area contributed by atoms with Gasteiger partial charge in [0.15, 0.2) is 0 Å². The molecule has 1 atom stereocenters. The lowest BCUT2D eigenvalue weighted by Crippen LogP contribution is -2.26. The van der Waals surface area contributed by atoms with Crippen LogP contribution in [-0.4, -0.2) is 12.1 Å². The third-order valence-corrected chi connectivity index (χ3v) is 4.98. The van der Waals surface area contributed by atoms with Gasteiger partial charge in [0.2, 0.25) is 0 Å². The van der Waals surface area contributed by atoms with Gasteiger partial charge in [-0.25, -0.2) is 0 Å². The highest BCUT2D eigenvalue weighted by atomic mass is 16.5. The van der Waals surface area contributed by atoms with Crippen molar-refractivity contribution in [2.24, 2.45) is 5.92 Å². The Kier molecular flexibility index (Phi) is 11.5. The number of ether oxygens (including phenoxy) is 1. The van der Waals surface area contributed by atoms with Gasteiger partial charge in [0, 0.05) is 0 Å². The Balaban J connectivity index is 1.92. The fraction of sp³-hybridized carbons (Fsp3) is 0.900. The quantitative estimate of drug-likeness (QED) is 0.315. The van der Waals surface area contributed by atoms with E-state index in [2.05, 4.69) is 13.8 Å². The molecule has 1 fully saturated rings. The van der Waals surface area contributed by atoms with Crippen molar-refractivity contribution in [3.05, 3.63) is 6.42 Å². The van der Waals surface area contributed by atoms with E-state index in [0.29, 0.717) is 5.92 Å². The molecule has 1 unspecified atom stereocenters. The van der Waals surface area contributed by atoms with Crippen LogP contribution in [0.4, 0.5) is 0 Å². The monoisotopic (exact) mass is 309 g/mol. The molecule has 0 amide bonds. The predicted molar refractivity (Wildman–Crippen MR) is 93.7 cm³/mol. The van der Waals surface area contributed by atoms with Crippen LogP contribution >= 0.6 is 0 Å². The zero-order valence-corrected chi connectivity index (χ0v) is 14.9. The van der Waals surface area contributed by atoms with Gasteiger partial charge in [-0.2, -0.15) is 0 Å². The van der Waals surface area contributed by atoms with Crippen LogP contribution in [-0.2, 0) is 9.53 Å². The van der Waals surface area contributed by atoms with Gasteiger partial charge >= 0.3 is 5.97 Å². The number of esters is 1. The van der Waals surface area contributed by atoms with Gasteiger partial charge < -0.3 is 4.74 Å². The molecule has 0 spiro atoms. The Bertz CT molecular complexity index is 269. The second kappa shape index (κ2) is 13.0. The van der Waals surface area contributed by atoms with Gasteiger partial charge in [-0.05, 0) is 32.1 Å². The highest BCUT2D eigenvalue weighted by Crippen LogP contribution is 2.28. The van der Waals surface area contributed by atoms with Crippen LogP contribution in [0.15, 0.2) is 0 Å². The Morgan fingerprint density at radius 2 is 1.59 bits per heavy atom. The molecule has 1 aliphatic rings. The summed E-state index contributed by atoms with van der Waals surface area (Å²) < 4.78 is 5.57. The van der Waals surface area contributed by atoms with E-state index in [1.807, 2.05) is 0 Å². The van der Waals surface area contributed by atoms with Crippen molar-refractivity contribution in [2.75, 3.05) is 0 Å². The first kappa shape index (κ1) is 19.5. The number of hydrogen-bond acceptors (Lipinski definition) is 2. The molecular weight excluding hydrogens is 272 g/mol. The summed E-state index contributed by atoms with van der Waals surface area (Å²) in [5.41, 5.74) is 0. The second-order valence-electron chi connectivity index (χ2n) is 7.01. The number of unbranched alkanes of at least 4 members (excludes halogenated alkanes) is 8. The Hall–Kier alpha value is -0.530. The first-order valence-corrected chi connectivity index (χ1v) is 9.78. The van der Waals surface area contributed by atoms with Crippen LogP contribution in [0.3, 0.4) is 0 Å². The second-order valence-corrected chi connectivity index (χ2v) is 7.01. The molecule has 2 heteroatoms. The first-order chi connectivity index (χ1) is 10.7. The summed E-state index contributed by atoms with van der Waals surface area (Å²) >= 11 is 0. The minimum atomic E-state index is -0.0963. The van der Waals surface area contributed by atoms with Crippen molar-refractivity contribution in [2.45, 2.75) is 110 Å². The van der Waals surface area contributed by atoms with Gasteiger partial charge in [-0.1, -0.05) is 77.6 Å². The molecule has 1 rings (SSSR count). The van der Waals surface area contributed by atoms with Crippen LogP contribution in [0.2, 0.25) is 0 Å². The number of hydrogen-bond donors (Lipinski definition) is 0. The van der Waals surface area contributed by atoms with E-state index < -0.39 is 0 Å². The zero-order chi connectivity index (χ0) is 16.0. The Labute approximate surface area is 138 Å². The molecule has 129 valence electrons. The summed E-state index contributed by atoms with van der Waals surface area (Å²) in [6.07, 6.45) is 19.6. The van der Waals surface area contributed by atoms with E-state index in [1.54, 1.807) is 6.42 Å². The maximum absolute atomic E-state index is 11.8. The molecule has 0 heterocycles. The topological polar surface area (TPSA) is 26.3 Å². The number of rotatable bonds is 12. The molecule has 1 saturated carbocycles. The standard InChI is InChI=1S/C20H37O2/c1-3-4-5-6-7-8-9-10-14-17-20(21)22-18(2)19-15-12-11-13-16-19/h17-19H,3-16H2,1-2H3. The first-order valence-electron chi connectivity index (χ1n) is 9.78. The molecule has 0 aromatic rings. The van der Waals surface area contributed by atoms with Gasteiger partial charge in [-0.3, -0.25) is 4.79 Å². The van der Waals surface area contributed by atoms with Crippen LogP contribution < -0.4 is 0 Å². The maximum Gasteiger partial charge on any atom is 0.310 e. The minimum Gasteiger partial charge on any atom is -0.462 e. The molecule has 1 aliphatic carbocycles. The van der Waals surface area contributed by atoms with Crippen molar-refractivity contribution < 1.29 is 9.53 Å². The maximum atomic E-state index is 11.8. The third-order valence-electron chi connectivity index (χ3n) is 4.98. The minimum absolute atomic E-state index is 0.0963. The molecular formula is C20H37O2. The van der Waals surface area contributed by atoms with E-state index in [0.717, 1.165) is 12.8 Å². The molecule has 0 aromatic heterocycles. The van der Waals surface area contributed by atoms with E-state index in [4.69, 9.17) is 4.74 Å². The fourth-order valence-corrected chi connectivity index (χ4v) is 3.43. The molecule has 22 heavy (non-hydrogen) atoms. The van der Waals surface area contributed by atoms with Gasteiger partial charge in [0.05, 0.1) is 6.42 Å². The van der Waals surface area contributed by atoms with E-state index in [9.17, 15) is 4.79 Å². The fourth-order valence-electron chi connectivity index (χ4n) is 3.43. The smallest absolute Gasteiger partial charge is 0.310 e. The van der Waals surface area contributed by atoms with Crippen molar-refractivity contribution >= 4 is 5.97 Å². The SMILES string of the molecule is CCCCCCCCCC[CH]C(=O)OC(C)C1CCCCC1. The zero-order valence-electron chi connectivity index (χ0n) is 14.9. The average molecular weight is 310 g/mol. The lowest BCUT2D eigenvalue weighted by molar-refractivity contribution is -0.147. The molecule has 0 bridgehead atoms. The van der Waals surface area contributed by atoms with Crippen LogP contribution in [0, 0.1) is 12.3 Å². The van der Waals surface area contributed by atoms with E-state index in [1.165, 1.54) is 77.0 Å². The number of carbonyl (C=O) groups is 1. The summed E-state index contributed by atoms with van der Waals surface area (Å²) in [7, 11) is 0. The van der Waals surface area contributed by atoms with Crippen molar-refractivity contribution in [3.63, 3.8) is 0 Å². The highest BCUT2D eigenvalue weighted by Gasteiger charge is 2.22. The molecule has 0 saturated heterocycles. The Morgan fingerprint density at radius 1 is 1.00 bits per heavy atom. The summed E-state index contributed by atoms with van der Waals surface area (Å²) in [6, 6.07) is 0. The van der Waals surface area contributed by atoms with Crippen molar-refractivity contribution in [1.29, 1.82) is 0 Å². The van der Waals surface area contributed by atoms with Gasteiger partial charge in [0.1, 0.15) is 6.10 Å². The molecule has 0 aliphatic heterocycles. The molecule has 0 N–H and O–H groups in total. The third kappa shape index (κ3) is 9.48. The van der Waals surface area contributed by atoms with Gasteiger partial charge in [0.25, 0.3) is 0 Å². The highest BCUT2D eigenvalue weighted by molar-refractivity contribution is 5.78. The summed E-state index contributed by atoms with van der Waals surface area (Å²) in [5.74, 6) is 0.496. The molecule has 2 nitrogen and oxygen atoms in total.